The second-order valence-corrected chi connectivity index (χ2v) is 13.9. The van der Waals surface area contributed by atoms with Crippen molar-refractivity contribution in [2.45, 2.75) is 78.1 Å². The van der Waals surface area contributed by atoms with E-state index in [0.29, 0.717) is 22.6 Å². The van der Waals surface area contributed by atoms with Gasteiger partial charge in [-0.2, -0.15) is 0 Å². The topological polar surface area (TPSA) is 180 Å². The molecular formula is C33H42N2O8. The number of primary amides is 1. The third-order valence-corrected chi connectivity index (χ3v) is 10.7. The molecule has 232 valence electrons. The Labute approximate surface area is 251 Å². The van der Waals surface area contributed by atoms with E-state index in [4.69, 9.17) is 10.5 Å². The summed E-state index contributed by atoms with van der Waals surface area (Å²) >= 11 is 0. The van der Waals surface area contributed by atoms with Crippen LogP contribution in [0.15, 0.2) is 24.4 Å². The van der Waals surface area contributed by atoms with Gasteiger partial charge in [-0.3, -0.25) is 14.4 Å². The number of carbonyl (C=O) groups is 3. The van der Waals surface area contributed by atoms with Gasteiger partial charge in [-0.05, 0) is 59.3 Å². The highest BCUT2D eigenvalue weighted by Crippen LogP contribution is 2.66. The Morgan fingerprint density at radius 3 is 2.30 bits per heavy atom. The van der Waals surface area contributed by atoms with Gasteiger partial charge < -0.3 is 30.9 Å². The number of benzene rings is 1. The number of nitrogens with two attached hydrogens (primary N) is 1. The van der Waals surface area contributed by atoms with Crippen molar-refractivity contribution in [3.63, 3.8) is 0 Å². The number of methoxy groups -OCH3 is 1. The molecule has 0 bridgehead atoms. The van der Waals surface area contributed by atoms with Crippen molar-refractivity contribution in [3.05, 3.63) is 41.1 Å². The molecule has 5 rings (SSSR count). The Bertz CT molecular complexity index is 1500. The van der Waals surface area contributed by atoms with E-state index in [1.54, 1.807) is 19.1 Å². The Morgan fingerprint density at radius 1 is 1.14 bits per heavy atom. The number of phenols is 1. The monoisotopic (exact) mass is 594 g/mol. The summed E-state index contributed by atoms with van der Waals surface area (Å²) in [6.07, 6.45) is -1.48. The van der Waals surface area contributed by atoms with Crippen molar-refractivity contribution < 1.29 is 39.5 Å². The molecule has 6 N–H and O–H groups in total. The summed E-state index contributed by atoms with van der Waals surface area (Å²) in [6, 6.07) is 5.23. The number of Topliss-reactive ketones (excluding diaryl/α,β-unsaturated/α-hetero) is 2. The summed E-state index contributed by atoms with van der Waals surface area (Å²) in [5, 5.41) is 47.3. The summed E-state index contributed by atoms with van der Waals surface area (Å²) in [6.45, 7) is 11.1. The van der Waals surface area contributed by atoms with Gasteiger partial charge in [0, 0.05) is 28.8 Å². The van der Waals surface area contributed by atoms with Gasteiger partial charge in [0.05, 0.1) is 24.7 Å². The van der Waals surface area contributed by atoms with Crippen LogP contribution in [-0.4, -0.2) is 67.8 Å². The number of ketones is 2. The molecule has 1 heterocycles. The fraction of sp³-hybridized carbons (Fsp3) is 0.576. The number of aliphatic hydroxyl groups is 3. The zero-order valence-electron chi connectivity index (χ0n) is 25.7. The lowest BCUT2D eigenvalue weighted by Crippen LogP contribution is -2.79. The first-order valence-electron chi connectivity index (χ1n) is 14.8. The molecule has 10 nitrogen and oxygen atoms in total. The van der Waals surface area contributed by atoms with E-state index in [2.05, 4.69) is 4.98 Å². The number of amides is 1. The first-order chi connectivity index (χ1) is 20.0. The number of rotatable bonds is 5. The van der Waals surface area contributed by atoms with Crippen molar-refractivity contribution in [1.82, 2.24) is 4.98 Å². The Hall–Kier alpha value is -3.34. The van der Waals surface area contributed by atoms with E-state index in [1.807, 2.05) is 40.7 Å². The van der Waals surface area contributed by atoms with E-state index in [1.165, 1.54) is 13.3 Å². The molecule has 8 atom stereocenters. The smallest absolute Gasteiger partial charge is 0.230 e. The van der Waals surface area contributed by atoms with Crippen LogP contribution in [0.5, 0.6) is 11.6 Å². The van der Waals surface area contributed by atoms with Gasteiger partial charge in [-0.25, -0.2) is 4.98 Å². The molecule has 1 aromatic carbocycles. The fourth-order valence-electron chi connectivity index (χ4n) is 9.02. The summed E-state index contributed by atoms with van der Waals surface area (Å²) in [5.41, 5.74) is 3.13. The highest BCUT2D eigenvalue weighted by atomic mass is 16.5. The maximum Gasteiger partial charge on any atom is 0.230 e. The van der Waals surface area contributed by atoms with Crippen LogP contribution in [0.1, 0.15) is 75.4 Å². The van der Waals surface area contributed by atoms with E-state index in [9.17, 15) is 34.8 Å². The van der Waals surface area contributed by atoms with Crippen molar-refractivity contribution >= 4 is 17.5 Å². The van der Waals surface area contributed by atoms with Gasteiger partial charge in [-0.15, -0.1) is 0 Å². The molecule has 0 spiro atoms. The van der Waals surface area contributed by atoms with Gasteiger partial charge in [0.15, 0.2) is 17.2 Å². The normalized spacial score (nSPS) is 35.4. The number of hydrogen-bond donors (Lipinski definition) is 5. The fourth-order valence-corrected chi connectivity index (χ4v) is 9.02. The number of phenolic OH excluding ortho intramolecular Hbond substituents is 1. The molecule has 43 heavy (non-hydrogen) atoms. The Morgan fingerprint density at radius 2 is 1.79 bits per heavy atom. The minimum atomic E-state index is -2.55. The van der Waals surface area contributed by atoms with Gasteiger partial charge in [0.25, 0.3) is 0 Å². The molecule has 0 aliphatic heterocycles. The van der Waals surface area contributed by atoms with Crippen LogP contribution in [0, 0.1) is 34.5 Å². The summed E-state index contributed by atoms with van der Waals surface area (Å²) in [7, 11) is 1.49. The van der Waals surface area contributed by atoms with E-state index >= 15 is 0 Å². The quantitative estimate of drug-likeness (QED) is 0.325. The highest BCUT2D eigenvalue weighted by molar-refractivity contribution is 6.10. The number of ether oxygens (including phenoxy) is 1. The molecule has 1 amide bonds. The second kappa shape index (κ2) is 10.1. The lowest BCUT2D eigenvalue weighted by atomic mass is 9.39. The third kappa shape index (κ3) is 4.09. The molecule has 10 heteroatoms. The number of nitrogens with zero attached hydrogens (tertiary/aromatic N) is 1. The number of fused-ring (bicyclic) bond motifs is 3. The van der Waals surface area contributed by atoms with Crippen LogP contribution in [0.25, 0.3) is 11.1 Å². The number of aliphatic hydroxyl groups excluding tert-OH is 2. The number of aromatic nitrogens is 1. The van der Waals surface area contributed by atoms with Gasteiger partial charge >= 0.3 is 0 Å². The van der Waals surface area contributed by atoms with Crippen molar-refractivity contribution in [2.24, 2.45) is 40.2 Å². The van der Waals surface area contributed by atoms with E-state index in [-0.39, 0.29) is 36.0 Å². The zero-order valence-corrected chi connectivity index (χ0v) is 25.7. The van der Waals surface area contributed by atoms with Gasteiger partial charge in [0.2, 0.25) is 11.8 Å². The standard InChI is InChI=1S/C33H42N2O8/c1-14(2)17-10-18(16-8-9-20(43-7)35-12-16)25(36)21-19(17)11-31(5)13-32(6)23(15(3)4)27(38)22(30(34)41)28(39)33(32,42)29(40)24(31)26(21)37/h8-10,12,14-15,22-24,27,29,36,38,40,42H,11,13H2,1-7H3,(H2,34,41)/t22-,23+,24-,27?,29?,31-,32-,33+/m1/s1. The molecule has 2 unspecified atom stereocenters. The summed E-state index contributed by atoms with van der Waals surface area (Å²) in [5.74, 6) is -6.82. The lowest BCUT2D eigenvalue weighted by molar-refractivity contribution is -0.265. The zero-order chi connectivity index (χ0) is 32.0. The average molecular weight is 595 g/mol. The molecule has 2 fully saturated rings. The largest absolute Gasteiger partial charge is 0.507 e. The third-order valence-electron chi connectivity index (χ3n) is 10.7. The number of carbonyl (C=O) groups excluding carboxylic acids is 3. The molecule has 2 saturated carbocycles. The second-order valence-electron chi connectivity index (χ2n) is 13.9. The van der Waals surface area contributed by atoms with Crippen molar-refractivity contribution in [1.29, 1.82) is 0 Å². The van der Waals surface area contributed by atoms with E-state index < -0.39 is 63.9 Å². The average Bonchev–Trinajstić information content (AvgIpc) is 2.90. The molecule has 0 radical (unpaired) electrons. The number of pyridine rings is 1. The SMILES string of the molecule is COc1ccc(-c2cc(C(C)C)c3c(c2O)C(=O)[C@@H]2C(O)[C@@]4(O)C(=O)[C@H](C(N)=O)C(O)[C@H](C(C)C)[C@@]4(C)C[C@@]2(C)C3)cn1. The predicted molar refractivity (Wildman–Crippen MR) is 157 cm³/mol. The number of hydrogen-bond acceptors (Lipinski definition) is 9. The van der Waals surface area contributed by atoms with Crippen LogP contribution >= 0.6 is 0 Å². The molecule has 3 aliphatic rings. The highest BCUT2D eigenvalue weighted by Gasteiger charge is 2.76. The van der Waals surface area contributed by atoms with Crippen molar-refractivity contribution in [3.8, 4) is 22.8 Å². The first-order valence-corrected chi connectivity index (χ1v) is 14.8. The predicted octanol–water partition coefficient (Wildman–Crippen LogP) is 2.77. The first kappa shape index (κ1) is 31.1. The summed E-state index contributed by atoms with van der Waals surface area (Å²) in [4.78, 5) is 45.1. The Balaban J connectivity index is 1.74. The molecule has 1 aromatic heterocycles. The van der Waals surface area contributed by atoms with Crippen molar-refractivity contribution in [2.75, 3.05) is 7.11 Å². The lowest BCUT2D eigenvalue weighted by Gasteiger charge is -2.66. The maximum absolute atomic E-state index is 14.6. The molecule has 0 saturated heterocycles. The molecular weight excluding hydrogens is 552 g/mol. The van der Waals surface area contributed by atoms with E-state index in [0.717, 1.165) is 5.56 Å². The molecule has 3 aliphatic carbocycles. The van der Waals surface area contributed by atoms with Crippen LogP contribution < -0.4 is 10.5 Å². The number of aromatic hydroxyl groups is 1. The summed E-state index contributed by atoms with van der Waals surface area (Å²) < 4.78 is 5.16. The Kier molecular flexibility index (Phi) is 7.31. The van der Waals surface area contributed by atoms with Crippen LogP contribution in [0.3, 0.4) is 0 Å². The molecule has 2 aromatic rings. The van der Waals surface area contributed by atoms with Crippen LogP contribution in [0.4, 0.5) is 0 Å². The van der Waals surface area contributed by atoms with Gasteiger partial charge in [0.1, 0.15) is 17.8 Å². The van der Waals surface area contributed by atoms with Crippen LogP contribution in [0.2, 0.25) is 0 Å². The minimum Gasteiger partial charge on any atom is -0.507 e. The minimum absolute atomic E-state index is 0.0360. The maximum atomic E-state index is 14.6. The van der Waals surface area contributed by atoms with Gasteiger partial charge in [-0.1, -0.05) is 41.5 Å². The van der Waals surface area contributed by atoms with Crippen LogP contribution in [-0.2, 0) is 16.0 Å².